The van der Waals surface area contributed by atoms with Crippen LogP contribution in [0.25, 0.3) is 0 Å². The number of carbonyl (C=O) groups is 2. The van der Waals surface area contributed by atoms with Crippen LogP contribution in [0.3, 0.4) is 0 Å². The van der Waals surface area contributed by atoms with Crippen molar-refractivity contribution in [1.29, 1.82) is 0 Å². The van der Waals surface area contributed by atoms with Gasteiger partial charge < -0.3 is 15.0 Å². The lowest BCUT2D eigenvalue weighted by molar-refractivity contribution is -0.125. The molecule has 2 aromatic rings. The van der Waals surface area contributed by atoms with Crippen molar-refractivity contribution in [2.75, 3.05) is 27.2 Å². The fourth-order valence-electron chi connectivity index (χ4n) is 3.77. The molecule has 2 aliphatic rings. The largest absolute Gasteiger partial charge is 0.497 e. The van der Waals surface area contributed by atoms with Crippen molar-refractivity contribution in [3.63, 3.8) is 0 Å². The SMILES string of the molecule is COc1ccc(CCN2CC3=C(C2=O)[C@H](c2ccc(F)cc2)NC(=O)N3C)cc1. The Morgan fingerprint density at radius 3 is 2.45 bits per heavy atom. The van der Waals surface area contributed by atoms with Gasteiger partial charge in [0.15, 0.2) is 0 Å². The number of benzene rings is 2. The maximum absolute atomic E-state index is 13.3. The average molecular weight is 395 g/mol. The predicted octanol–water partition coefficient (Wildman–Crippen LogP) is 2.87. The highest BCUT2D eigenvalue weighted by Crippen LogP contribution is 2.35. The highest BCUT2D eigenvalue weighted by molar-refractivity contribution is 6.01. The number of methoxy groups -OCH3 is 1. The van der Waals surface area contributed by atoms with Crippen LogP contribution in [-0.2, 0) is 11.2 Å². The van der Waals surface area contributed by atoms with E-state index in [1.54, 1.807) is 31.2 Å². The minimum Gasteiger partial charge on any atom is -0.497 e. The third kappa shape index (κ3) is 3.55. The van der Waals surface area contributed by atoms with Crippen LogP contribution in [0.1, 0.15) is 17.2 Å². The number of ether oxygens (including phenoxy) is 1. The molecule has 1 atom stereocenters. The molecule has 2 heterocycles. The van der Waals surface area contributed by atoms with Gasteiger partial charge in [-0.25, -0.2) is 9.18 Å². The third-order valence-electron chi connectivity index (χ3n) is 5.47. The highest BCUT2D eigenvalue weighted by Gasteiger charge is 2.42. The van der Waals surface area contributed by atoms with Crippen LogP contribution in [0.4, 0.5) is 9.18 Å². The number of hydrogen-bond donors (Lipinski definition) is 1. The van der Waals surface area contributed by atoms with Crippen LogP contribution in [0.5, 0.6) is 5.75 Å². The zero-order valence-corrected chi connectivity index (χ0v) is 16.3. The molecule has 0 aromatic heterocycles. The summed E-state index contributed by atoms with van der Waals surface area (Å²) in [6, 6.07) is 12.8. The minimum atomic E-state index is -0.576. The molecule has 0 saturated carbocycles. The van der Waals surface area contributed by atoms with Gasteiger partial charge >= 0.3 is 6.03 Å². The Bertz CT molecular complexity index is 970. The van der Waals surface area contributed by atoms with Gasteiger partial charge in [-0.2, -0.15) is 0 Å². The van der Waals surface area contributed by atoms with E-state index < -0.39 is 6.04 Å². The summed E-state index contributed by atoms with van der Waals surface area (Å²) in [7, 11) is 3.28. The fourth-order valence-corrected chi connectivity index (χ4v) is 3.77. The Balaban J connectivity index is 1.54. The second-order valence-electron chi connectivity index (χ2n) is 7.18. The molecule has 150 valence electrons. The zero-order chi connectivity index (χ0) is 20.5. The van der Waals surface area contributed by atoms with Crippen molar-refractivity contribution in [3.8, 4) is 5.75 Å². The molecular formula is C22H22FN3O3. The Labute approximate surface area is 168 Å². The van der Waals surface area contributed by atoms with Gasteiger partial charge in [-0.3, -0.25) is 9.69 Å². The van der Waals surface area contributed by atoms with E-state index >= 15 is 0 Å². The van der Waals surface area contributed by atoms with E-state index in [4.69, 9.17) is 4.74 Å². The molecule has 0 radical (unpaired) electrons. The van der Waals surface area contributed by atoms with Crippen molar-refractivity contribution in [3.05, 3.63) is 76.7 Å². The quantitative estimate of drug-likeness (QED) is 0.847. The summed E-state index contributed by atoms with van der Waals surface area (Å²) < 4.78 is 18.5. The summed E-state index contributed by atoms with van der Waals surface area (Å²) >= 11 is 0. The fraction of sp³-hybridized carbons (Fsp3) is 0.273. The molecule has 2 aliphatic heterocycles. The number of hydrogen-bond acceptors (Lipinski definition) is 3. The first kappa shape index (κ1) is 19.0. The first-order valence-electron chi connectivity index (χ1n) is 9.43. The van der Waals surface area contributed by atoms with Crippen LogP contribution in [-0.4, -0.2) is 49.0 Å². The summed E-state index contributed by atoms with van der Waals surface area (Å²) in [5.41, 5.74) is 3.03. The van der Waals surface area contributed by atoms with Crippen LogP contribution in [0, 0.1) is 5.82 Å². The number of amides is 3. The Kier molecular flexibility index (Phi) is 4.96. The maximum atomic E-state index is 13.3. The molecule has 0 spiro atoms. The average Bonchev–Trinajstić information content (AvgIpc) is 3.07. The molecular weight excluding hydrogens is 373 g/mol. The van der Waals surface area contributed by atoms with E-state index in [2.05, 4.69) is 5.32 Å². The van der Waals surface area contributed by atoms with Gasteiger partial charge in [-0.15, -0.1) is 0 Å². The number of rotatable bonds is 5. The maximum Gasteiger partial charge on any atom is 0.322 e. The van der Waals surface area contributed by atoms with Crippen LogP contribution in [0.15, 0.2) is 59.8 Å². The van der Waals surface area contributed by atoms with Gasteiger partial charge in [0.05, 0.1) is 31.0 Å². The van der Waals surface area contributed by atoms with Gasteiger partial charge in [0.25, 0.3) is 5.91 Å². The molecule has 0 aliphatic carbocycles. The first-order valence-corrected chi connectivity index (χ1v) is 9.43. The van der Waals surface area contributed by atoms with Crippen molar-refractivity contribution in [2.45, 2.75) is 12.5 Å². The monoisotopic (exact) mass is 395 g/mol. The van der Waals surface area contributed by atoms with E-state index in [1.165, 1.54) is 17.0 Å². The van der Waals surface area contributed by atoms with E-state index in [0.29, 0.717) is 36.3 Å². The van der Waals surface area contributed by atoms with Gasteiger partial charge in [0.2, 0.25) is 0 Å². The van der Waals surface area contributed by atoms with Crippen molar-refractivity contribution in [2.24, 2.45) is 0 Å². The van der Waals surface area contributed by atoms with Crippen LogP contribution in [0.2, 0.25) is 0 Å². The number of carbonyl (C=O) groups excluding carboxylic acids is 2. The smallest absolute Gasteiger partial charge is 0.322 e. The number of urea groups is 1. The van der Waals surface area contributed by atoms with Gasteiger partial charge in [0, 0.05) is 13.6 Å². The number of nitrogens with one attached hydrogen (secondary N) is 1. The molecule has 7 heteroatoms. The lowest BCUT2D eigenvalue weighted by atomic mass is 9.96. The summed E-state index contributed by atoms with van der Waals surface area (Å²) in [5.74, 6) is 0.326. The molecule has 29 heavy (non-hydrogen) atoms. The summed E-state index contributed by atoms with van der Waals surface area (Å²) in [6.07, 6.45) is 0.697. The molecule has 0 bridgehead atoms. The summed E-state index contributed by atoms with van der Waals surface area (Å²) in [5, 5.41) is 2.86. The zero-order valence-electron chi connectivity index (χ0n) is 16.3. The summed E-state index contributed by atoms with van der Waals surface area (Å²) in [6.45, 7) is 0.919. The second-order valence-corrected chi connectivity index (χ2v) is 7.18. The lowest BCUT2D eigenvalue weighted by Crippen LogP contribution is -2.45. The molecule has 4 rings (SSSR count). The molecule has 0 fully saturated rings. The van der Waals surface area contributed by atoms with Crippen molar-refractivity contribution in [1.82, 2.24) is 15.1 Å². The first-order chi connectivity index (χ1) is 14.0. The van der Waals surface area contributed by atoms with E-state index in [1.807, 2.05) is 24.3 Å². The van der Waals surface area contributed by atoms with E-state index in [-0.39, 0.29) is 17.8 Å². The number of halogens is 1. The predicted molar refractivity (Wildman–Crippen MR) is 106 cm³/mol. The van der Waals surface area contributed by atoms with E-state index in [0.717, 1.165) is 11.3 Å². The third-order valence-corrected chi connectivity index (χ3v) is 5.47. The van der Waals surface area contributed by atoms with Crippen molar-refractivity contribution < 1.29 is 18.7 Å². The van der Waals surface area contributed by atoms with Gasteiger partial charge in [0.1, 0.15) is 11.6 Å². The number of likely N-dealkylation sites (N-methyl/N-ethyl adjacent to an activating group) is 1. The van der Waals surface area contributed by atoms with Crippen LogP contribution >= 0.6 is 0 Å². The highest BCUT2D eigenvalue weighted by atomic mass is 19.1. The number of nitrogens with zero attached hydrogens (tertiary/aromatic N) is 2. The molecule has 0 unspecified atom stereocenters. The topological polar surface area (TPSA) is 61.9 Å². The Hall–Kier alpha value is -3.35. The van der Waals surface area contributed by atoms with Gasteiger partial charge in [-0.1, -0.05) is 24.3 Å². The normalized spacial score (nSPS) is 18.8. The molecule has 3 amide bonds. The molecule has 0 saturated heterocycles. The molecule has 6 nitrogen and oxygen atoms in total. The lowest BCUT2D eigenvalue weighted by Gasteiger charge is -2.31. The van der Waals surface area contributed by atoms with Gasteiger partial charge in [-0.05, 0) is 41.8 Å². The van der Waals surface area contributed by atoms with Crippen LogP contribution < -0.4 is 10.1 Å². The Morgan fingerprint density at radius 1 is 1.10 bits per heavy atom. The Morgan fingerprint density at radius 2 is 1.79 bits per heavy atom. The minimum absolute atomic E-state index is 0.102. The summed E-state index contributed by atoms with van der Waals surface area (Å²) in [4.78, 5) is 28.8. The molecule has 1 N–H and O–H groups in total. The second kappa shape index (κ2) is 7.58. The standard InChI is InChI=1S/C22H22FN3O3/c1-25-18-13-26(12-11-14-3-9-17(29-2)10-4-14)21(27)19(18)20(24-22(25)28)15-5-7-16(23)8-6-15/h3-10,20H,11-13H2,1-2H3,(H,24,28)/t20-/m0/s1. The van der Waals surface area contributed by atoms with E-state index in [9.17, 15) is 14.0 Å². The van der Waals surface area contributed by atoms with Crippen molar-refractivity contribution >= 4 is 11.9 Å². The molecule has 2 aromatic carbocycles.